The van der Waals surface area contributed by atoms with Crippen molar-refractivity contribution in [3.05, 3.63) is 28.3 Å². The molecule has 0 unspecified atom stereocenters. The first kappa shape index (κ1) is 11.7. The van der Waals surface area contributed by atoms with Crippen LogP contribution in [0.1, 0.15) is 11.1 Å². The lowest BCUT2D eigenvalue weighted by Gasteiger charge is -2.13. The number of hydrogen-bond donors (Lipinski definition) is 1. The zero-order valence-electron chi connectivity index (χ0n) is 6.83. The molecule has 1 nitrogen and oxygen atoms in total. The van der Waals surface area contributed by atoms with Crippen molar-refractivity contribution in [1.82, 2.24) is 0 Å². The summed E-state index contributed by atoms with van der Waals surface area (Å²) in [5.74, 6) is 0. The van der Waals surface area contributed by atoms with Crippen LogP contribution in [0.25, 0.3) is 0 Å². The molecule has 0 amide bonds. The molecule has 0 atom stereocenters. The summed E-state index contributed by atoms with van der Waals surface area (Å²) in [6.45, 7) is 0. The fourth-order valence-corrected chi connectivity index (χ4v) is 2.11. The minimum Gasteiger partial charge on any atom is -0.399 e. The Kier molecular flexibility index (Phi) is 3.32. The number of rotatable bonds is 1. The average Bonchev–Trinajstić information content (AvgIpc) is 2.01. The van der Waals surface area contributed by atoms with E-state index < -0.39 is 11.7 Å². The van der Waals surface area contributed by atoms with Crippen LogP contribution in [-0.4, -0.2) is 0 Å². The van der Waals surface area contributed by atoms with E-state index in [1.807, 2.05) is 0 Å². The average molecular weight is 288 g/mol. The fraction of sp³-hybridized carbons (Fsp3) is 0.250. The Balaban J connectivity index is 3.40. The summed E-state index contributed by atoms with van der Waals surface area (Å²) in [7, 11) is 0. The Bertz CT molecular complexity index is 351. The third-order valence-corrected chi connectivity index (χ3v) is 2.55. The molecule has 6 heteroatoms. The van der Waals surface area contributed by atoms with E-state index in [0.717, 1.165) is 6.07 Å². The first-order chi connectivity index (χ1) is 6.36. The first-order valence-corrected chi connectivity index (χ1v) is 5.07. The Morgan fingerprint density at radius 2 is 1.93 bits per heavy atom. The summed E-state index contributed by atoms with van der Waals surface area (Å²) in [4.78, 5) is 0. The highest BCUT2D eigenvalue weighted by molar-refractivity contribution is 9.08. The monoisotopic (exact) mass is 287 g/mol. The van der Waals surface area contributed by atoms with Gasteiger partial charge in [0.15, 0.2) is 0 Å². The van der Waals surface area contributed by atoms with Crippen molar-refractivity contribution in [2.75, 3.05) is 5.73 Å². The molecule has 0 aromatic heterocycles. The highest BCUT2D eigenvalue weighted by Gasteiger charge is 2.34. The van der Waals surface area contributed by atoms with Crippen LogP contribution in [0, 0.1) is 0 Å². The molecule has 0 aliphatic rings. The Labute approximate surface area is 92.2 Å². The van der Waals surface area contributed by atoms with Gasteiger partial charge in [-0.3, -0.25) is 0 Å². The number of nitrogen functional groups attached to an aromatic ring is 1. The number of benzene rings is 1. The van der Waals surface area contributed by atoms with Crippen LogP contribution < -0.4 is 5.73 Å². The lowest BCUT2D eigenvalue weighted by molar-refractivity contribution is -0.138. The lowest BCUT2D eigenvalue weighted by Crippen LogP contribution is -2.09. The zero-order valence-corrected chi connectivity index (χ0v) is 9.17. The SMILES string of the molecule is Nc1cc(Cl)c(CBr)c(C(F)(F)F)c1. The Hall–Kier alpha value is -0.420. The van der Waals surface area contributed by atoms with Crippen LogP contribution in [0.15, 0.2) is 12.1 Å². The highest BCUT2D eigenvalue weighted by atomic mass is 79.9. The third kappa shape index (κ3) is 2.33. The van der Waals surface area contributed by atoms with E-state index in [0.29, 0.717) is 0 Å². The van der Waals surface area contributed by atoms with E-state index in [-0.39, 0.29) is 21.6 Å². The van der Waals surface area contributed by atoms with Gasteiger partial charge in [-0.1, -0.05) is 27.5 Å². The van der Waals surface area contributed by atoms with Crippen molar-refractivity contribution in [2.24, 2.45) is 0 Å². The molecule has 0 aliphatic heterocycles. The summed E-state index contributed by atoms with van der Waals surface area (Å²) < 4.78 is 37.4. The number of nitrogens with two attached hydrogens (primary N) is 1. The maximum atomic E-state index is 12.5. The number of alkyl halides is 4. The van der Waals surface area contributed by atoms with Gasteiger partial charge < -0.3 is 5.73 Å². The largest absolute Gasteiger partial charge is 0.416 e. The molecule has 14 heavy (non-hydrogen) atoms. The molecule has 0 spiro atoms. The second-order valence-electron chi connectivity index (χ2n) is 2.66. The second kappa shape index (κ2) is 3.98. The minimum absolute atomic E-state index is 0.00650. The van der Waals surface area contributed by atoms with Crippen LogP contribution >= 0.6 is 27.5 Å². The minimum atomic E-state index is -4.43. The lowest BCUT2D eigenvalue weighted by atomic mass is 10.1. The topological polar surface area (TPSA) is 26.0 Å². The molecule has 1 aromatic carbocycles. The molecule has 1 aromatic rings. The van der Waals surface area contributed by atoms with Gasteiger partial charge in [0, 0.05) is 16.0 Å². The van der Waals surface area contributed by atoms with Crippen LogP contribution in [0.4, 0.5) is 18.9 Å². The van der Waals surface area contributed by atoms with E-state index in [4.69, 9.17) is 17.3 Å². The van der Waals surface area contributed by atoms with Crippen molar-refractivity contribution in [3.63, 3.8) is 0 Å². The summed E-state index contributed by atoms with van der Waals surface area (Å²) in [5.41, 5.74) is 4.50. The quantitative estimate of drug-likeness (QED) is 0.617. The van der Waals surface area contributed by atoms with E-state index in [1.54, 1.807) is 0 Å². The summed E-state index contributed by atoms with van der Waals surface area (Å²) in [6.07, 6.45) is -4.43. The standard InChI is InChI=1S/C8H6BrClF3N/c9-3-5-6(8(11,12)13)1-4(14)2-7(5)10/h1-2H,3,14H2. The van der Waals surface area contributed by atoms with Crippen molar-refractivity contribution < 1.29 is 13.2 Å². The maximum Gasteiger partial charge on any atom is 0.416 e. The van der Waals surface area contributed by atoms with Crippen molar-refractivity contribution in [1.29, 1.82) is 0 Å². The molecule has 0 radical (unpaired) electrons. The van der Waals surface area contributed by atoms with Gasteiger partial charge in [0.1, 0.15) is 0 Å². The van der Waals surface area contributed by atoms with Gasteiger partial charge in [0.2, 0.25) is 0 Å². The molecular formula is C8H6BrClF3N. The molecule has 2 N–H and O–H groups in total. The molecule has 1 rings (SSSR count). The molecule has 0 heterocycles. The van der Waals surface area contributed by atoms with Gasteiger partial charge in [0.05, 0.1) is 5.56 Å². The van der Waals surface area contributed by atoms with E-state index in [1.165, 1.54) is 6.07 Å². The molecule has 0 saturated carbocycles. The molecule has 78 valence electrons. The van der Waals surface area contributed by atoms with Gasteiger partial charge in [-0.2, -0.15) is 13.2 Å². The van der Waals surface area contributed by atoms with Crippen molar-refractivity contribution in [3.8, 4) is 0 Å². The maximum absolute atomic E-state index is 12.5. The van der Waals surface area contributed by atoms with Crippen molar-refractivity contribution >= 4 is 33.2 Å². The summed E-state index contributed by atoms with van der Waals surface area (Å²) in [6, 6.07) is 2.18. The second-order valence-corrected chi connectivity index (χ2v) is 3.63. The molecular weight excluding hydrogens is 282 g/mol. The van der Waals surface area contributed by atoms with Gasteiger partial charge in [-0.15, -0.1) is 0 Å². The zero-order chi connectivity index (χ0) is 10.9. The van der Waals surface area contributed by atoms with Gasteiger partial charge in [-0.25, -0.2) is 0 Å². The predicted molar refractivity (Wildman–Crippen MR) is 53.5 cm³/mol. The van der Waals surface area contributed by atoms with Gasteiger partial charge in [-0.05, 0) is 17.7 Å². The first-order valence-electron chi connectivity index (χ1n) is 3.57. The number of halogens is 5. The summed E-state index contributed by atoms with van der Waals surface area (Å²) in [5, 5.41) is 0.0650. The highest BCUT2D eigenvalue weighted by Crippen LogP contribution is 2.37. The van der Waals surface area contributed by atoms with Gasteiger partial charge in [0.25, 0.3) is 0 Å². The summed E-state index contributed by atoms with van der Waals surface area (Å²) >= 11 is 8.58. The van der Waals surface area contributed by atoms with E-state index in [9.17, 15) is 13.2 Å². The van der Waals surface area contributed by atoms with E-state index in [2.05, 4.69) is 15.9 Å². The third-order valence-electron chi connectivity index (χ3n) is 1.66. The number of anilines is 1. The van der Waals surface area contributed by atoms with E-state index >= 15 is 0 Å². The van der Waals surface area contributed by atoms with Crippen molar-refractivity contribution in [2.45, 2.75) is 11.5 Å². The Morgan fingerprint density at radius 1 is 1.36 bits per heavy atom. The van der Waals surface area contributed by atoms with Crippen LogP contribution in [0.5, 0.6) is 0 Å². The normalized spacial score (nSPS) is 11.8. The molecule has 0 fully saturated rings. The molecule has 0 saturated heterocycles. The molecule has 0 bridgehead atoms. The van der Waals surface area contributed by atoms with Crippen LogP contribution in [0.3, 0.4) is 0 Å². The number of hydrogen-bond acceptors (Lipinski definition) is 1. The predicted octanol–water partition coefficient (Wildman–Crippen LogP) is 3.84. The fourth-order valence-electron chi connectivity index (χ4n) is 1.05. The van der Waals surface area contributed by atoms with Crippen LogP contribution in [-0.2, 0) is 11.5 Å². The molecule has 0 aliphatic carbocycles. The van der Waals surface area contributed by atoms with Crippen LogP contribution in [0.2, 0.25) is 5.02 Å². The van der Waals surface area contributed by atoms with Gasteiger partial charge >= 0.3 is 6.18 Å². The smallest absolute Gasteiger partial charge is 0.399 e. The Morgan fingerprint density at radius 3 is 2.36 bits per heavy atom.